The number of rotatable bonds is 4. The summed E-state index contributed by atoms with van der Waals surface area (Å²) in [6, 6.07) is -0.165. The van der Waals surface area contributed by atoms with Gasteiger partial charge in [-0.15, -0.1) is 0 Å². The average Bonchev–Trinajstić information content (AvgIpc) is 2.24. The van der Waals surface area contributed by atoms with Crippen LogP contribution in [0.4, 0.5) is 0 Å². The van der Waals surface area contributed by atoms with E-state index in [2.05, 4.69) is 19.2 Å². The number of carbonyl (C=O) groups excluding carboxylic acids is 2. The molecule has 0 aromatic heterocycles. The van der Waals surface area contributed by atoms with Crippen LogP contribution in [0.2, 0.25) is 0 Å². The van der Waals surface area contributed by atoms with Gasteiger partial charge in [0, 0.05) is 13.5 Å². The van der Waals surface area contributed by atoms with Crippen molar-refractivity contribution in [2.75, 3.05) is 13.6 Å². The molecule has 4 nitrogen and oxygen atoms in total. The van der Waals surface area contributed by atoms with Crippen molar-refractivity contribution in [2.45, 2.75) is 39.2 Å². The van der Waals surface area contributed by atoms with Gasteiger partial charge in [-0.05, 0) is 18.9 Å². The molecule has 0 aromatic rings. The van der Waals surface area contributed by atoms with E-state index in [1.807, 2.05) is 0 Å². The van der Waals surface area contributed by atoms with Gasteiger partial charge in [-0.3, -0.25) is 14.5 Å². The molecule has 1 saturated heterocycles. The van der Waals surface area contributed by atoms with Gasteiger partial charge in [-0.1, -0.05) is 20.3 Å². The predicted octanol–water partition coefficient (Wildman–Crippen LogP) is 0.769. The van der Waals surface area contributed by atoms with E-state index in [0.29, 0.717) is 18.8 Å². The Morgan fingerprint density at radius 3 is 2.80 bits per heavy atom. The minimum Gasteiger partial charge on any atom is -0.306 e. The van der Waals surface area contributed by atoms with Crippen molar-refractivity contribution in [1.82, 2.24) is 10.2 Å². The summed E-state index contributed by atoms with van der Waals surface area (Å²) in [7, 11) is 1.56. The highest BCUT2D eigenvalue weighted by molar-refractivity contribution is 6.00. The zero-order valence-corrected chi connectivity index (χ0v) is 9.75. The molecule has 0 radical (unpaired) electrons. The molecule has 2 atom stereocenters. The first-order chi connectivity index (χ1) is 7.06. The van der Waals surface area contributed by atoms with Gasteiger partial charge in [0.05, 0.1) is 6.04 Å². The van der Waals surface area contributed by atoms with E-state index < -0.39 is 0 Å². The van der Waals surface area contributed by atoms with Crippen LogP contribution in [-0.2, 0) is 9.59 Å². The summed E-state index contributed by atoms with van der Waals surface area (Å²) in [5, 5.41) is 3.23. The fourth-order valence-electron chi connectivity index (χ4n) is 1.59. The standard InChI is InChI=1S/C11H20N2O2/c1-4-8(2)7-12-9-5-6-10(14)13(3)11(9)15/h8-9,12H,4-7H2,1-3H3. The Morgan fingerprint density at radius 2 is 2.20 bits per heavy atom. The van der Waals surface area contributed by atoms with Crippen LogP contribution in [0.15, 0.2) is 0 Å². The lowest BCUT2D eigenvalue weighted by Crippen LogP contribution is -2.52. The first-order valence-corrected chi connectivity index (χ1v) is 5.60. The fraction of sp³-hybridized carbons (Fsp3) is 0.818. The fourth-order valence-corrected chi connectivity index (χ4v) is 1.59. The van der Waals surface area contributed by atoms with Crippen LogP contribution >= 0.6 is 0 Å². The van der Waals surface area contributed by atoms with Crippen LogP contribution in [0, 0.1) is 5.92 Å². The maximum Gasteiger partial charge on any atom is 0.246 e. The minimum absolute atomic E-state index is 0.0680. The van der Waals surface area contributed by atoms with E-state index in [1.165, 1.54) is 4.90 Å². The Hall–Kier alpha value is -0.900. The number of amides is 2. The highest BCUT2D eigenvalue weighted by Crippen LogP contribution is 2.12. The van der Waals surface area contributed by atoms with Crippen LogP contribution in [0.25, 0.3) is 0 Å². The molecule has 0 aromatic carbocycles. The molecule has 1 N–H and O–H groups in total. The van der Waals surface area contributed by atoms with Gasteiger partial charge in [0.25, 0.3) is 0 Å². The Kier molecular flexibility index (Phi) is 4.27. The van der Waals surface area contributed by atoms with Gasteiger partial charge in [0.1, 0.15) is 0 Å². The van der Waals surface area contributed by atoms with Crippen molar-refractivity contribution in [3.63, 3.8) is 0 Å². The molecule has 15 heavy (non-hydrogen) atoms. The highest BCUT2D eigenvalue weighted by atomic mass is 16.2. The van der Waals surface area contributed by atoms with Crippen LogP contribution < -0.4 is 5.32 Å². The Labute approximate surface area is 91.0 Å². The molecule has 0 aliphatic carbocycles. The predicted molar refractivity (Wildman–Crippen MR) is 58.3 cm³/mol. The number of piperidine rings is 1. The lowest BCUT2D eigenvalue weighted by molar-refractivity contribution is -0.148. The first kappa shape index (κ1) is 12.2. The second-order valence-corrected chi connectivity index (χ2v) is 4.30. The van der Waals surface area contributed by atoms with Gasteiger partial charge >= 0.3 is 0 Å². The van der Waals surface area contributed by atoms with E-state index in [-0.39, 0.29) is 17.9 Å². The quantitative estimate of drug-likeness (QED) is 0.700. The molecule has 0 saturated carbocycles. The van der Waals surface area contributed by atoms with Crippen LogP contribution in [0.3, 0.4) is 0 Å². The number of hydrogen-bond donors (Lipinski definition) is 1. The third-order valence-electron chi connectivity index (χ3n) is 3.06. The van der Waals surface area contributed by atoms with E-state index >= 15 is 0 Å². The third-order valence-corrected chi connectivity index (χ3v) is 3.06. The summed E-state index contributed by atoms with van der Waals surface area (Å²) < 4.78 is 0. The summed E-state index contributed by atoms with van der Waals surface area (Å²) in [6.07, 6.45) is 2.21. The van der Waals surface area contributed by atoms with Gasteiger partial charge < -0.3 is 5.32 Å². The molecule has 1 aliphatic heterocycles. The number of nitrogens with zero attached hydrogens (tertiary/aromatic N) is 1. The van der Waals surface area contributed by atoms with Crippen LogP contribution in [0.1, 0.15) is 33.1 Å². The second kappa shape index (κ2) is 5.26. The number of carbonyl (C=O) groups is 2. The average molecular weight is 212 g/mol. The summed E-state index contributed by atoms with van der Waals surface area (Å²) in [4.78, 5) is 24.1. The lowest BCUT2D eigenvalue weighted by Gasteiger charge is -2.29. The molecule has 0 spiro atoms. The Balaban J connectivity index is 2.43. The van der Waals surface area contributed by atoms with Crippen molar-refractivity contribution >= 4 is 11.8 Å². The van der Waals surface area contributed by atoms with Crippen LogP contribution in [-0.4, -0.2) is 36.3 Å². The zero-order valence-electron chi connectivity index (χ0n) is 9.75. The molecule has 1 heterocycles. The van der Waals surface area contributed by atoms with Crippen molar-refractivity contribution < 1.29 is 9.59 Å². The highest BCUT2D eigenvalue weighted by Gasteiger charge is 2.31. The monoisotopic (exact) mass is 212 g/mol. The van der Waals surface area contributed by atoms with Gasteiger partial charge in [0.15, 0.2) is 0 Å². The van der Waals surface area contributed by atoms with Gasteiger partial charge in [-0.25, -0.2) is 0 Å². The number of hydrogen-bond acceptors (Lipinski definition) is 3. The van der Waals surface area contributed by atoms with E-state index in [4.69, 9.17) is 0 Å². The smallest absolute Gasteiger partial charge is 0.246 e. The van der Waals surface area contributed by atoms with Gasteiger partial charge in [-0.2, -0.15) is 0 Å². The van der Waals surface area contributed by atoms with Gasteiger partial charge in [0.2, 0.25) is 11.8 Å². The third kappa shape index (κ3) is 3.02. The summed E-state index contributed by atoms with van der Waals surface area (Å²) in [5.74, 6) is 0.414. The SMILES string of the molecule is CCC(C)CNC1CCC(=O)N(C)C1=O. The molecule has 0 bridgehead atoms. The van der Waals surface area contributed by atoms with Crippen molar-refractivity contribution in [2.24, 2.45) is 5.92 Å². The number of likely N-dealkylation sites (tertiary alicyclic amines) is 1. The normalized spacial score (nSPS) is 24.5. The molecule has 1 rings (SSSR count). The zero-order chi connectivity index (χ0) is 11.4. The lowest BCUT2D eigenvalue weighted by atomic mass is 10.0. The van der Waals surface area contributed by atoms with Crippen LogP contribution in [0.5, 0.6) is 0 Å². The molecule has 2 amide bonds. The molecular formula is C11H20N2O2. The molecule has 86 valence electrons. The summed E-state index contributed by atoms with van der Waals surface area (Å²) >= 11 is 0. The Morgan fingerprint density at radius 1 is 1.53 bits per heavy atom. The van der Waals surface area contributed by atoms with Crippen molar-refractivity contribution in [3.8, 4) is 0 Å². The van der Waals surface area contributed by atoms with Crippen molar-refractivity contribution in [1.29, 1.82) is 0 Å². The van der Waals surface area contributed by atoms with E-state index in [1.54, 1.807) is 7.05 Å². The number of imide groups is 1. The first-order valence-electron chi connectivity index (χ1n) is 5.60. The summed E-state index contributed by atoms with van der Waals surface area (Å²) in [5.41, 5.74) is 0. The maximum absolute atomic E-state index is 11.7. The minimum atomic E-state index is -0.165. The molecule has 4 heteroatoms. The largest absolute Gasteiger partial charge is 0.306 e. The molecule has 1 fully saturated rings. The van der Waals surface area contributed by atoms with E-state index in [9.17, 15) is 9.59 Å². The molecule has 1 aliphatic rings. The topological polar surface area (TPSA) is 49.4 Å². The van der Waals surface area contributed by atoms with Crippen molar-refractivity contribution in [3.05, 3.63) is 0 Å². The molecule has 2 unspecified atom stereocenters. The number of nitrogens with one attached hydrogen (secondary N) is 1. The molecular weight excluding hydrogens is 192 g/mol. The summed E-state index contributed by atoms with van der Waals surface area (Å²) in [6.45, 7) is 5.12. The number of likely N-dealkylation sites (N-methyl/N-ethyl adjacent to an activating group) is 1. The second-order valence-electron chi connectivity index (χ2n) is 4.30. The Bertz CT molecular complexity index is 253. The maximum atomic E-state index is 11.7. The van der Waals surface area contributed by atoms with E-state index in [0.717, 1.165) is 13.0 Å².